The number of amides is 1. The molecule has 9 nitrogen and oxygen atoms in total. The van der Waals surface area contributed by atoms with Crippen molar-refractivity contribution in [3.63, 3.8) is 0 Å². The van der Waals surface area contributed by atoms with Crippen LogP contribution in [0.3, 0.4) is 0 Å². The standard InChI is InChI=1S/C13H20N8O/c14-13-16-17-18-21(13)10-12(22)20-8-2-1-4-11(20)5-9-19-7-3-6-15-19/h3,6-7,11H,1-2,4-5,8-10H2,(H2,14,16,18)/t11-/m1/s1. The predicted molar refractivity (Wildman–Crippen MR) is 78.4 cm³/mol. The summed E-state index contributed by atoms with van der Waals surface area (Å²) in [6, 6.07) is 2.15. The van der Waals surface area contributed by atoms with E-state index in [4.69, 9.17) is 5.73 Å². The Morgan fingerprint density at radius 1 is 1.41 bits per heavy atom. The Morgan fingerprint density at radius 3 is 3.05 bits per heavy atom. The largest absolute Gasteiger partial charge is 0.367 e. The molecule has 1 atom stereocenters. The second kappa shape index (κ2) is 6.54. The minimum Gasteiger partial charge on any atom is -0.367 e. The Kier molecular flexibility index (Phi) is 4.31. The van der Waals surface area contributed by atoms with E-state index < -0.39 is 0 Å². The number of carbonyl (C=O) groups excluding carboxylic acids is 1. The molecule has 1 fully saturated rings. The van der Waals surface area contributed by atoms with Crippen LogP contribution in [0.15, 0.2) is 18.5 Å². The zero-order chi connectivity index (χ0) is 15.4. The lowest BCUT2D eigenvalue weighted by molar-refractivity contribution is -0.136. The van der Waals surface area contributed by atoms with Crippen molar-refractivity contribution in [2.24, 2.45) is 0 Å². The molecule has 2 aromatic rings. The Hall–Kier alpha value is -2.45. The molecule has 1 amide bonds. The molecule has 0 radical (unpaired) electrons. The molecule has 3 heterocycles. The van der Waals surface area contributed by atoms with Crippen LogP contribution in [0.2, 0.25) is 0 Å². The van der Waals surface area contributed by atoms with E-state index in [1.54, 1.807) is 6.20 Å². The molecule has 1 aliphatic rings. The lowest BCUT2D eigenvalue weighted by atomic mass is 9.99. The molecule has 0 bridgehead atoms. The quantitative estimate of drug-likeness (QED) is 0.828. The van der Waals surface area contributed by atoms with Gasteiger partial charge in [0.25, 0.3) is 0 Å². The van der Waals surface area contributed by atoms with Crippen molar-refractivity contribution in [3.05, 3.63) is 18.5 Å². The third-order valence-corrected chi connectivity index (χ3v) is 4.04. The number of tetrazole rings is 1. The normalized spacial score (nSPS) is 18.5. The first-order chi connectivity index (χ1) is 10.7. The number of anilines is 1. The van der Waals surface area contributed by atoms with Gasteiger partial charge in [-0.05, 0) is 42.2 Å². The zero-order valence-electron chi connectivity index (χ0n) is 12.4. The van der Waals surface area contributed by atoms with Crippen molar-refractivity contribution in [2.45, 2.75) is 44.8 Å². The van der Waals surface area contributed by atoms with E-state index in [9.17, 15) is 4.79 Å². The summed E-state index contributed by atoms with van der Waals surface area (Å²) < 4.78 is 3.23. The van der Waals surface area contributed by atoms with Crippen LogP contribution in [0.5, 0.6) is 0 Å². The van der Waals surface area contributed by atoms with Crippen LogP contribution in [-0.2, 0) is 17.9 Å². The van der Waals surface area contributed by atoms with E-state index in [1.165, 1.54) is 4.68 Å². The molecule has 0 saturated carbocycles. The first kappa shape index (κ1) is 14.5. The summed E-state index contributed by atoms with van der Waals surface area (Å²) in [5.74, 6) is 0.183. The van der Waals surface area contributed by atoms with Gasteiger partial charge in [0.05, 0.1) is 0 Å². The Morgan fingerprint density at radius 2 is 2.32 bits per heavy atom. The first-order valence-electron chi connectivity index (χ1n) is 7.52. The van der Waals surface area contributed by atoms with Crippen molar-refractivity contribution in [1.29, 1.82) is 0 Å². The van der Waals surface area contributed by atoms with Gasteiger partial charge in [-0.2, -0.15) is 5.10 Å². The summed E-state index contributed by atoms with van der Waals surface area (Å²) in [6.45, 7) is 1.69. The fourth-order valence-electron chi connectivity index (χ4n) is 2.89. The minimum atomic E-state index is 0.0177. The van der Waals surface area contributed by atoms with Crippen LogP contribution in [-0.4, -0.2) is 53.4 Å². The number of hydrogen-bond donors (Lipinski definition) is 1. The van der Waals surface area contributed by atoms with Gasteiger partial charge >= 0.3 is 0 Å². The Labute approximate surface area is 128 Å². The number of aryl methyl sites for hydroxylation is 1. The van der Waals surface area contributed by atoms with E-state index in [0.717, 1.165) is 38.8 Å². The zero-order valence-corrected chi connectivity index (χ0v) is 12.4. The van der Waals surface area contributed by atoms with Crippen molar-refractivity contribution in [3.8, 4) is 0 Å². The SMILES string of the molecule is Nc1nnnn1CC(=O)N1CCCC[C@@H]1CCn1cccn1. The highest BCUT2D eigenvalue weighted by Gasteiger charge is 2.27. The van der Waals surface area contributed by atoms with Crippen LogP contribution < -0.4 is 5.73 Å². The number of hydrogen-bond acceptors (Lipinski definition) is 6. The lowest BCUT2D eigenvalue weighted by Crippen LogP contribution is -2.45. The van der Waals surface area contributed by atoms with E-state index >= 15 is 0 Å². The third-order valence-electron chi connectivity index (χ3n) is 4.04. The summed E-state index contributed by atoms with van der Waals surface area (Å²) in [5, 5.41) is 15.0. The number of nitrogen functional groups attached to an aromatic ring is 1. The van der Waals surface area contributed by atoms with Gasteiger partial charge in [0.2, 0.25) is 11.9 Å². The van der Waals surface area contributed by atoms with E-state index in [0.29, 0.717) is 0 Å². The van der Waals surface area contributed by atoms with Crippen molar-refractivity contribution >= 4 is 11.9 Å². The average molecular weight is 304 g/mol. The van der Waals surface area contributed by atoms with Gasteiger partial charge in [-0.1, -0.05) is 5.10 Å². The molecule has 1 aliphatic heterocycles. The van der Waals surface area contributed by atoms with Crippen LogP contribution in [0.1, 0.15) is 25.7 Å². The van der Waals surface area contributed by atoms with Crippen molar-refractivity contribution in [1.82, 2.24) is 34.9 Å². The minimum absolute atomic E-state index is 0.0177. The van der Waals surface area contributed by atoms with Gasteiger partial charge in [-0.25, -0.2) is 4.68 Å². The maximum Gasteiger partial charge on any atom is 0.244 e. The molecule has 0 aromatic carbocycles. The second-order valence-corrected chi connectivity index (χ2v) is 5.49. The average Bonchev–Trinajstić information content (AvgIpc) is 3.18. The molecular formula is C13H20N8O. The number of likely N-dealkylation sites (tertiary alicyclic amines) is 1. The maximum absolute atomic E-state index is 12.5. The van der Waals surface area contributed by atoms with Crippen LogP contribution >= 0.6 is 0 Å². The molecule has 0 aliphatic carbocycles. The highest BCUT2D eigenvalue weighted by atomic mass is 16.2. The lowest BCUT2D eigenvalue weighted by Gasteiger charge is -2.35. The molecule has 3 rings (SSSR count). The summed E-state index contributed by atoms with van der Waals surface area (Å²) >= 11 is 0. The van der Waals surface area contributed by atoms with E-state index in [1.807, 2.05) is 21.8 Å². The Balaban J connectivity index is 1.61. The predicted octanol–water partition coefficient (Wildman–Crippen LogP) is -0.0768. The molecule has 2 aromatic heterocycles. The summed E-state index contributed by atoms with van der Waals surface area (Å²) in [7, 11) is 0. The number of aromatic nitrogens is 6. The fourth-order valence-corrected chi connectivity index (χ4v) is 2.89. The van der Waals surface area contributed by atoms with Crippen LogP contribution in [0.4, 0.5) is 5.95 Å². The summed E-state index contributed by atoms with van der Waals surface area (Å²) in [4.78, 5) is 14.5. The maximum atomic E-state index is 12.5. The number of carbonyl (C=O) groups is 1. The number of rotatable bonds is 5. The molecular weight excluding hydrogens is 284 g/mol. The summed E-state index contributed by atoms with van der Waals surface area (Å²) in [6.07, 6.45) is 7.83. The highest BCUT2D eigenvalue weighted by molar-refractivity contribution is 5.76. The molecule has 1 saturated heterocycles. The van der Waals surface area contributed by atoms with Crippen molar-refractivity contribution < 1.29 is 4.79 Å². The van der Waals surface area contributed by atoms with E-state index in [-0.39, 0.29) is 24.4 Å². The molecule has 2 N–H and O–H groups in total. The Bertz CT molecular complexity index is 607. The monoisotopic (exact) mass is 304 g/mol. The third kappa shape index (κ3) is 3.23. The smallest absolute Gasteiger partial charge is 0.244 e. The molecule has 0 unspecified atom stereocenters. The van der Waals surface area contributed by atoms with Gasteiger partial charge in [0.1, 0.15) is 6.54 Å². The number of piperidine rings is 1. The molecule has 22 heavy (non-hydrogen) atoms. The van der Waals surface area contributed by atoms with Crippen molar-refractivity contribution in [2.75, 3.05) is 12.3 Å². The molecule has 0 spiro atoms. The van der Waals surface area contributed by atoms with Gasteiger partial charge in [0, 0.05) is 31.5 Å². The first-order valence-corrected chi connectivity index (χ1v) is 7.52. The van der Waals surface area contributed by atoms with Crippen LogP contribution in [0, 0.1) is 0 Å². The highest BCUT2D eigenvalue weighted by Crippen LogP contribution is 2.20. The second-order valence-electron chi connectivity index (χ2n) is 5.49. The van der Waals surface area contributed by atoms with Crippen LogP contribution in [0.25, 0.3) is 0 Å². The number of nitrogens with two attached hydrogens (primary N) is 1. The van der Waals surface area contributed by atoms with Gasteiger partial charge in [-0.3, -0.25) is 9.48 Å². The van der Waals surface area contributed by atoms with Gasteiger partial charge < -0.3 is 10.6 Å². The van der Waals surface area contributed by atoms with Gasteiger partial charge in [-0.15, -0.1) is 0 Å². The van der Waals surface area contributed by atoms with Gasteiger partial charge in [0.15, 0.2) is 0 Å². The van der Waals surface area contributed by atoms with E-state index in [2.05, 4.69) is 20.6 Å². The molecule has 118 valence electrons. The molecule has 9 heteroatoms. The fraction of sp³-hybridized carbons (Fsp3) is 0.615. The topological polar surface area (TPSA) is 108 Å². The summed E-state index contributed by atoms with van der Waals surface area (Å²) in [5.41, 5.74) is 5.62. The number of nitrogens with zero attached hydrogens (tertiary/aromatic N) is 7.